The van der Waals surface area contributed by atoms with E-state index >= 15 is 0 Å². The van der Waals surface area contributed by atoms with E-state index in [1.165, 1.54) is 6.07 Å². The molecule has 3 N–H and O–H groups in total. The molecule has 0 fully saturated rings. The third-order valence-electron chi connectivity index (χ3n) is 1.11. The summed E-state index contributed by atoms with van der Waals surface area (Å²) in [7, 11) is 0. The molecular weight excluding hydrogens is 174 g/mol. The van der Waals surface area contributed by atoms with Crippen molar-refractivity contribution in [3.63, 3.8) is 0 Å². The second-order valence-corrected chi connectivity index (χ2v) is 1.74. The lowest BCUT2D eigenvalue weighted by Crippen LogP contribution is -2.10. The monoisotopic (exact) mass is 180 g/mol. The molecule has 0 amide bonds. The molecule has 11 heavy (non-hydrogen) atoms. The highest BCUT2D eigenvalue weighted by Gasteiger charge is 2.04. The van der Waals surface area contributed by atoms with E-state index in [0.717, 1.165) is 12.1 Å². The van der Waals surface area contributed by atoms with Crippen LogP contribution in [0.2, 0.25) is 0 Å². The van der Waals surface area contributed by atoms with Crippen LogP contribution in [0.1, 0.15) is 0 Å². The van der Waals surface area contributed by atoms with Crippen LogP contribution >= 0.6 is 12.4 Å². The van der Waals surface area contributed by atoms with Crippen molar-refractivity contribution >= 4 is 18.1 Å². The van der Waals surface area contributed by atoms with Crippen LogP contribution in [0.15, 0.2) is 18.2 Å². The molecule has 0 aromatic heterocycles. The first kappa shape index (κ1) is 10.1. The van der Waals surface area contributed by atoms with Crippen LogP contribution in [0.4, 0.5) is 14.5 Å². The summed E-state index contributed by atoms with van der Waals surface area (Å²) in [5.74, 6) is 3.44. The standard InChI is InChI=1S/C6H6F2N2.ClH/c7-4-2-1-3-5(8)6(4)10-9;/h1-3,10H,9H2;1H. The zero-order valence-corrected chi connectivity index (χ0v) is 6.29. The Hall–Kier alpha value is -0.870. The lowest BCUT2D eigenvalue weighted by Gasteiger charge is -2.00. The van der Waals surface area contributed by atoms with Crippen LogP contribution in [0.3, 0.4) is 0 Å². The van der Waals surface area contributed by atoms with Crippen molar-refractivity contribution in [1.29, 1.82) is 0 Å². The quantitative estimate of drug-likeness (QED) is 0.510. The van der Waals surface area contributed by atoms with Gasteiger partial charge in [-0.25, -0.2) is 8.78 Å². The smallest absolute Gasteiger partial charge is 0.150 e. The van der Waals surface area contributed by atoms with Gasteiger partial charge in [0.1, 0.15) is 5.69 Å². The number of nitrogen functional groups attached to an aromatic ring is 1. The molecule has 0 aliphatic carbocycles. The fourth-order valence-electron chi connectivity index (χ4n) is 0.636. The molecule has 1 aromatic carbocycles. The van der Waals surface area contributed by atoms with Crippen molar-refractivity contribution in [1.82, 2.24) is 0 Å². The SMILES string of the molecule is Cl.NNc1c(F)cccc1F. The first-order chi connectivity index (χ1) is 4.75. The zero-order chi connectivity index (χ0) is 7.56. The van der Waals surface area contributed by atoms with Gasteiger partial charge in [0.05, 0.1) is 0 Å². The highest BCUT2D eigenvalue weighted by Crippen LogP contribution is 2.15. The molecule has 0 radical (unpaired) electrons. The van der Waals surface area contributed by atoms with Gasteiger partial charge in [-0.1, -0.05) is 6.07 Å². The van der Waals surface area contributed by atoms with Crippen LogP contribution in [-0.2, 0) is 0 Å². The van der Waals surface area contributed by atoms with Crippen LogP contribution in [-0.4, -0.2) is 0 Å². The number of hydrogen-bond acceptors (Lipinski definition) is 2. The molecule has 1 rings (SSSR count). The van der Waals surface area contributed by atoms with E-state index in [2.05, 4.69) is 0 Å². The van der Waals surface area contributed by atoms with Gasteiger partial charge in [0, 0.05) is 0 Å². The average molecular weight is 181 g/mol. The summed E-state index contributed by atoms with van der Waals surface area (Å²) >= 11 is 0. The number of para-hydroxylation sites is 1. The molecule has 0 unspecified atom stereocenters. The lowest BCUT2D eigenvalue weighted by atomic mass is 10.3. The van der Waals surface area contributed by atoms with Gasteiger partial charge in [-0.15, -0.1) is 12.4 Å². The topological polar surface area (TPSA) is 38.0 Å². The fourth-order valence-corrected chi connectivity index (χ4v) is 0.636. The van der Waals surface area contributed by atoms with Crippen LogP contribution in [0, 0.1) is 11.6 Å². The Bertz CT molecular complexity index is 222. The van der Waals surface area contributed by atoms with E-state index in [9.17, 15) is 8.78 Å². The summed E-state index contributed by atoms with van der Waals surface area (Å²) in [5, 5.41) is 0. The molecule has 0 bridgehead atoms. The fraction of sp³-hybridized carbons (Fsp3) is 0. The van der Waals surface area contributed by atoms with Gasteiger partial charge in [-0.2, -0.15) is 0 Å². The van der Waals surface area contributed by atoms with E-state index in [1.807, 2.05) is 5.43 Å². The van der Waals surface area contributed by atoms with E-state index in [0.29, 0.717) is 0 Å². The highest BCUT2D eigenvalue weighted by molar-refractivity contribution is 5.85. The van der Waals surface area contributed by atoms with Crippen molar-refractivity contribution in [3.05, 3.63) is 29.8 Å². The maximum absolute atomic E-state index is 12.5. The minimum Gasteiger partial charge on any atom is -0.319 e. The molecule has 0 saturated carbocycles. The molecule has 0 spiro atoms. The first-order valence-corrected chi connectivity index (χ1v) is 2.66. The molecule has 0 heterocycles. The van der Waals surface area contributed by atoms with Crippen molar-refractivity contribution < 1.29 is 8.78 Å². The third-order valence-corrected chi connectivity index (χ3v) is 1.11. The summed E-state index contributed by atoms with van der Waals surface area (Å²) in [6, 6.07) is 3.52. The molecule has 1 aromatic rings. The number of hydrazine groups is 1. The zero-order valence-electron chi connectivity index (χ0n) is 5.47. The lowest BCUT2D eigenvalue weighted by molar-refractivity contribution is 0.589. The Morgan fingerprint density at radius 1 is 1.18 bits per heavy atom. The molecule has 0 aliphatic rings. The Morgan fingerprint density at radius 3 is 1.91 bits per heavy atom. The summed E-state index contributed by atoms with van der Waals surface area (Å²) < 4.78 is 24.9. The van der Waals surface area contributed by atoms with E-state index in [4.69, 9.17) is 5.84 Å². The van der Waals surface area contributed by atoms with Gasteiger partial charge in [0.15, 0.2) is 11.6 Å². The summed E-state index contributed by atoms with van der Waals surface area (Å²) in [4.78, 5) is 0. The number of anilines is 1. The molecule has 2 nitrogen and oxygen atoms in total. The second-order valence-electron chi connectivity index (χ2n) is 1.74. The molecule has 5 heteroatoms. The summed E-state index contributed by atoms with van der Waals surface area (Å²) in [6.45, 7) is 0. The van der Waals surface area contributed by atoms with Gasteiger partial charge < -0.3 is 5.43 Å². The van der Waals surface area contributed by atoms with Crippen molar-refractivity contribution in [3.8, 4) is 0 Å². The van der Waals surface area contributed by atoms with Gasteiger partial charge in [0.2, 0.25) is 0 Å². The molecule has 0 atom stereocenters. The Morgan fingerprint density at radius 2 is 1.64 bits per heavy atom. The van der Waals surface area contributed by atoms with Crippen LogP contribution in [0.5, 0.6) is 0 Å². The normalized spacial score (nSPS) is 8.64. The van der Waals surface area contributed by atoms with Crippen molar-refractivity contribution in [2.24, 2.45) is 5.84 Å². The van der Waals surface area contributed by atoms with E-state index in [-0.39, 0.29) is 18.1 Å². The van der Waals surface area contributed by atoms with E-state index in [1.54, 1.807) is 0 Å². The van der Waals surface area contributed by atoms with Crippen molar-refractivity contribution in [2.45, 2.75) is 0 Å². The number of halogens is 3. The predicted molar refractivity (Wildman–Crippen MR) is 41.4 cm³/mol. The Balaban J connectivity index is 0.000001000. The Labute approximate surface area is 68.8 Å². The number of nitrogens with one attached hydrogen (secondary N) is 1. The first-order valence-electron chi connectivity index (χ1n) is 2.66. The minimum atomic E-state index is -0.692. The minimum absolute atomic E-state index is 0. The van der Waals surface area contributed by atoms with Gasteiger partial charge in [-0.3, -0.25) is 5.84 Å². The molecule has 62 valence electrons. The predicted octanol–water partition coefficient (Wildman–Crippen LogP) is 1.67. The third kappa shape index (κ3) is 2.03. The maximum Gasteiger partial charge on any atom is 0.150 e. The number of nitrogens with two attached hydrogens (primary N) is 1. The van der Waals surface area contributed by atoms with Crippen molar-refractivity contribution in [2.75, 3.05) is 5.43 Å². The van der Waals surface area contributed by atoms with Gasteiger partial charge >= 0.3 is 0 Å². The second kappa shape index (κ2) is 4.10. The van der Waals surface area contributed by atoms with Crippen LogP contribution in [0.25, 0.3) is 0 Å². The Kier molecular flexibility index (Phi) is 3.78. The number of rotatable bonds is 1. The average Bonchev–Trinajstić information content (AvgIpc) is 1.88. The summed E-state index contributed by atoms with van der Waals surface area (Å²) in [6.07, 6.45) is 0. The van der Waals surface area contributed by atoms with E-state index < -0.39 is 11.6 Å². The molecular formula is C6H7ClF2N2. The highest BCUT2D eigenvalue weighted by atomic mass is 35.5. The van der Waals surface area contributed by atoms with Crippen LogP contribution < -0.4 is 11.3 Å². The van der Waals surface area contributed by atoms with Gasteiger partial charge in [-0.05, 0) is 12.1 Å². The number of hydrogen-bond donors (Lipinski definition) is 2. The number of benzene rings is 1. The molecule has 0 aliphatic heterocycles. The molecule has 0 saturated heterocycles. The maximum atomic E-state index is 12.5. The van der Waals surface area contributed by atoms with Gasteiger partial charge in [0.25, 0.3) is 0 Å². The largest absolute Gasteiger partial charge is 0.319 e. The summed E-state index contributed by atoms with van der Waals surface area (Å²) in [5.41, 5.74) is 1.61.